The van der Waals surface area contributed by atoms with E-state index in [1.807, 2.05) is 55.6 Å². The Morgan fingerprint density at radius 3 is 2.81 bits per heavy atom. The number of aromatic nitrogens is 2. The van der Waals surface area contributed by atoms with Gasteiger partial charge in [0.15, 0.2) is 0 Å². The normalized spacial score (nSPS) is 10.5. The van der Waals surface area contributed by atoms with Crippen molar-refractivity contribution in [3.63, 3.8) is 0 Å². The van der Waals surface area contributed by atoms with Gasteiger partial charge in [0.1, 0.15) is 18.2 Å². The van der Waals surface area contributed by atoms with Gasteiger partial charge in [-0.25, -0.2) is 4.98 Å². The van der Waals surface area contributed by atoms with Crippen LogP contribution in [0.4, 0.5) is 5.82 Å². The van der Waals surface area contributed by atoms with Gasteiger partial charge in [0.25, 0.3) is 0 Å². The van der Waals surface area contributed by atoms with E-state index < -0.39 is 0 Å². The smallest absolute Gasteiger partial charge is 0.129 e. The number of anilines is 1. The third kappa shape index (κ3) is 3.11. The van der Waals surface area contributed by atoms with E-state index in [9.17, 15) is 0 Å². The maximum atomic E-state index is 5.90. The van der Waals surface area contributed by atoms with Crippen LogP contribution < -0.4 is 10.1 Å². The van der Waals surface area contributed by atoms with Gasteiger partial charge in [-0.05, 0) is 37.3 Å². The van der Waals surface area contributed by atoms with E-state index in [0.717, 1.165) is 34.6 Å². The molecule has 0 atom stereocenters. The van der Waals surface area contributed by atoms with Crippen LogP contribution in [-0.2, 0) is 6.61 Å². The Labute approximate surface area is 123 Å². The van der Waals surface area contributed by atoms with Crippen molar-refractivity contribution in [1.82, 2.24) is 9.97 Å². The van der Waals surface area contributed by atoms with Crippen molar-refractivity contribution in [3.05, 3.63) is 60.4 Å². The van der Waals surface area contributed by atoms with Gasteiger partial charge in [0.05, 0.1) is 5.52 Å². The van der Waals surface area contributed by atoms with Crippen molar-refractivity contribution in [2.24, 2.45) is 0 Å². The van der Waals surface area contributed by atoms with E-state index in [-0.39, 0.29) is 0 Å². The molecule has 1 aromatic carbocycles. The maximum absolute atomic E-state index is 5.90. The third-order valence-corrected chi connectivity index (χ3v) is 3.18. The summed E-state index contributed by atoms with van der Waals surface area (Å²) in [6, 6.07) is 13.8. The van der Waals surface area contributed by atoms with Gasteiger partial charge in [-0.15, -0.1) is 0 Å². The fourth-order valence-electron chi connectivity index (χ4n) is 2.16. The lowest BCUT2D eigenvalue weighted by Crippen LogP contribution is -2.01. The van der Waals surface area contributed by atoms with Gasteiger partial charge in [-0.3, -0.25) is 4.98 Å². The molecule has 21 heavy (non-hydrogen) atoms. The second-order valence-electron chi connectivity index (χ2n) is 4.70. The van der Waals surface area contributed by atoms with Crippen molar-refractivity contribution in [3.8, 4) is 5.75 Å². The molecule has 0 bridgehead atoms. The highest BCUT2D eigenvalue weighted by molar-refractivity contribution is 5.84. The molecular weight excluding hydrogens is 262 g/mol. The van der Waals surface area contributed by atoms with Crippen LogP contribution in [0.2, 0.25) is 0 Å². The summed E-state index contributed by atoms with van der Waals surface area (Å²) >= 11 is 0. The molecule has 0 aliphatic heterocycles. The van der Waals surface area contributed by atoms with Crippen LogP contribution in [0.5, 0.6) is 5.75 Å². The number of rotatable bonds is 5. The quantitative estimate of drug-likeness (QED) is 0.774. The minimum atomic E-state index is 0.493. The van der Waals surface area contributed by atoms with Crippen LogP contribution in [0.1, 0.15) is 12.5 Å². The Kier molecular flexibility index (Phi) is 3.96. The predicted octanol–water partition coefficient (Wildman–Crippen LogP) is 3.64. The molecule has 0 radical (unpaired) electrons. The van der Waals surface area contributed by atoms with E-state index in [1.165, 1.54) is 0 Å². The highest BCUT2D eigenvalue weighted by Gasteiger charge is 2.03. The maximum Gasteiger partial charge on any atom is 0.129 e. The van der Waals surface area contributed by atoms with Gasteiger partial charge in [-0.1, -0.05) is 12.1 Å². The first-order chi connectivity index (χ1) is 10.4. The molecule has 2 aromatic heterocycles. The zero-order valence-corrected chi connectivity index (χ0v) is 11.9. The Morgan fingerprint density at radius 1 is 1.05 bits per heavy atom. The summed E-state index contributed by atoms with van der Waals surface area (Å²) in [5.74, 6) is 1.73. The average Bonchev–Trinajstić information content (AvgIpc) is 2.54. The number of ether oxygens (including phenoxy) is 1. The fourth-order valence-corrected chi connectivity index (χ4v) is 2.16. The minimum Gasteiger partial charge on any atom is -0.488 e. The topological polar surface area (TPSA) is 47.0 Å². The molecular formula is C17H17N3O. The Balaban J connectivity index is 1.74. The van der Waals surface area contributed by atoms with E-state index >= 15 is 0 Å². The second-order valence-corrected chi connectivity index (χ2v) is 4.70. The van der Waals surface area contributed by atoms with Crippen molar-refractivity contribution in [1.29, 1.82) is 0 Å². The number of fused-ring (bicyclic) bond motifs is 1. The number of hydrogen-bond acceptors (Lipinski definition) is 4. The number of pyridine rings is 2. The zero-order valence-electron chi connectivity index (χ0n) is 11.9. The van der Waals surface area contributed by atoms with Crippen LogP contribution in [-0.4, -0.2) is 16.5 Å². The second kappa shape index (κ2) is 6.22. The number of benzene rings is 1. The molecule has 0 amide bonds. The highest BCUT2D eigenvalue weighted by atomic mass is 16.5. The molecule has 1 N–H and O–H groups in total. The lowest BCUT2D eigenvalue weighted by Gasteiger charge is -2.09. The van der Waals surface area contributed by atoms with Gasteiger partial charge in [0.2, 0.25) is 0 Å². The zero-order chi connectivity index (χ0) is 14.5. The van der Waals surface area contributed by atoms with E-state index in [4.69, 9.17) is 4.74 Å². The van der Waals surface area contributed by atoms with Crippen LogP contribution >= 0.6 is 0 Å². The molecule has 4 heteroatoms. The van der Waals surface area contributed by atoms with E-state index in [1.54, 1.807) is 6.20 Å². The molecule has 4 nitrogen and oxygen atoms in total. The fraction of sp³-hybridized carbons (Fsp3) is 0.176. The average molecular weight is 279 g/mol. The summed E-state index contributed by atoms with van der Waals surface area (Å²) in [4.78, 5) is 8.67. The summed E-state index contributed by atoms with van der Waals surface area (Å²) in [5, 5.41) is 4.20. The number of nitrogens with zero attached hydrogens (tertiary/aromatic N) is 2. The predicted molar refractivity (Wildman–Crippen MR) is 84.5 cm³/mol. The van der Waals surface area contributed by atoms with Crippen LogP contribution in [0.3, 0.4) is 0 Å². The Hall–Kier alpha value is -2.62. The Morgan fingerprint density at radius 2 is 2.00 bits per heavy atom. The summed E-state index contributed by atoms with van der Waals surface area (Å²) in [6.07, 6.45) is 3.62. The molecule has 0 aliphatic rings. The van der Waals surface area contributed by atoms with Crippen molar-refractivity contribution < 1.29 is 4.74 Å². The minimum absolute atomic E-state index is 0.493. The van der Waals surface area contributed by atoms with Crippen molar-refractivity contribution in [2.75, 3.05) is 11.9 Å². The molecule has 0 saturated heterocycles. The third-order valence-electron chi connectivity index (χ3n) is 3.18. The van der Waals surface area contributed by atoms with Crippen molar-refractivity contribution in [2.45, 2.75) is 13.5 Å². The summed E-state index contributed by atoms with van der Waals surface area (Å²) in [6.45, 7) is 3.41. The molecule has 0 fully saturated rings. The summed E-state index contributed by atoms with van der Waals surface area (Å²) in [5.41, 5.74) is 1.98. The monoisotopic (exact) mass is 279 g/mol. The largest absolute Gasteiger partial charge is 0.488 e. The Bertz CT molecular complexity index is 720. The van der Waals surface area contributed by atoms with Gasteiger partial charge < -0.3 is 10.1 Å². The highest BCUT2D eigenvalue weighted by Crippen LogP contribution is 2.24. The lowest BCUT2D eigenvalue weighted by molar-refractivity contribution is 0.309. The molecule has 0 unspecified atom stereocenters. The van der Waals surface area contributed by atoms with Crippen LogP contribution in [0.15, 0.2) is 54.9 Å². The molecule has 106 valence electrons. The SMILES string of the molecule is CCNc1ccc(COc2cccc3ncccc23)cn1. The van der Waals surface area contributed by atoms with Crippen molar-refractivity contribution >= 4 is 16.7 Å². The molecule has 2 heterocycles. The van der Waals surface area contributed by atoms with Crippen LogP contribution in [0, 0.1) is 0 Å². The summed E-state index contributed by atoms with van der Waals surface area (Å²) < 4.78 is 5.90. The first-order valence-electron chi connectivity index (χ1n) is 7.02. The van der Waals surface area contributed by atoms with Gasteiger partial charge in [0, 0.05) is 29.9 Å². The lowest BCUT2D eigenvalue weighted by atomic mass is 10.2. The van der Waals surface area contributed by atoms with E-state index in [0.29, 0.717) is 6.61 Å². The van der Waals surface area contributed by atoms with Crippen LogP contribution in [0.25, 0.3) is 10.9 Å². The molecule has 3 rings (SSSR count). The summed E-state index contributed by atoms with van der Waals surface area (Å²) in [7, 11) is 0. The standard InChI is InChI=1S/C17H17N3O/c1-2-18-17-9-8-13(11-20-17)12-21-16-7-3-6-15-14(16)5-4-10-19-15/h3-11H,2,12H2,1H3,(H,18,20). The molecule has 0 spiro atoms. The number of nitrogens with one attached hydrogen (secondary N) is 1. The first kappa shape index (κ1) is 13.4. The van der Waals surface area contributed by atoms with E-state index in [2.05, 4.69) is 15.3 Å². The number of hydrogen-bond donors (Lipinski definition) is 1. The molecule has 0 aliphatic carbocycles. The molecule has 0 saturated carbocycles. The molecule has 3 aromatic rings. The first-order valence-corrected chi connectivity index (χ1v) is 7.02. The van der Waals surface area contributed by atoms with Gasteiger partial charge >= 0.3 is 0 Å². The van der Waals surface area contributed by atoms with Gasteiger partial charge in [-0.2, -0.15) is 0 Å².